The molecule has 0 aromatic heterocycles. The number of nitrogens with one attached hydrogen (secondary N) is 2. The number of hydrogen-bond acceptors (Lipinski definition) is 9. The summed E-state index contributed by atoms with van der Waals surface area (Å²) in [6.07, 6.45) is 18.7. The predicted molar refractivity (Wildman–Crippen MR) is 283 cm³/mol. The Kier molecular flexibility index (Phi) is 22.5. The smallest absolute Gasteiger partial charge is 0.410 e. The molecule has 1 unspecified atom stereocenters. The Morgan fingerprint density at radius 2 is 1.21 bits per heavy atom. The van der Waals surface area contributed by atoms with Gasteiger partial charge in [0.15, 0.2) is 0 Å². The molecule has 2 N–H and O–H groups in total. The van der Waals surface area contributed by atoms with Crippen molar-refractivity contribution in [2.24, 2.45) is 46.3 Å². The molecule has 408 valence electrons. The van der Waals surface area contributed by atoms with Gasteiger partial charge in [0.05, 0.1) is 0 Å². The van der Waals surface area contributed by atoms with Crippen molar-refractivity contribution in [3.63, 3.8) is 0 Å². The third kappa shape index (κ3) is 19.4. The molecular formula is C58H102N4O9. The Labute approximate surface area is 431 Å². The van der Waals surface area contributed by atoms with E-state index in [0.717, 1.165) is 54.8 Å². The van der Waals surface area contributed by atoms with Gasteiger partial charge in [-0.1, -0.05) is 65.5 Å². The molecule has 4 rings (SSSR count). The van der Waals surface area contributed by atoms with Crippen LogP contribution < -0.4 is 10.6 Å². The topological polar surface area (TPSA) is 153 Å². The summed E-state index contributed by atoms with van der Waals surface area (Å²) in [5, 5.41) is 5.54. The highest BCUT2D eigenvalue weighted by molar-refractivity contribution is 5.76. The van der Waals surface area contributed by atoms with Crippen LogP contribution in [-0.2, 0) is 28.5 Å². The lowest BCUT2D eigenvalue weighted by atomic mass is 9.47. The van der Waals surface area contributed by atoms with Gasteiger partial charge >= 0.3 is 24.2 Å². The van der Waals surface area contributed by atoms with Gasteiger partial charge in [0.25, 0.3) is 0 Å². The van der Waals surface area contributed by atoms with Gasteiger partial charge in [0.2, 0.25) is 5.91 Å². The molecule has 0 heterocycles. The predicted octanol–water partition coefficient (Wildman–Crippen LogP) is 13.2. The molecule has 0 aliphatic heterocycles. The molecule has 0 saturated heterocycles. The van der Waals surface area contributed by atoms with Gasteiger partial charge in [0, 0.05) is 58.5 Å². The van der Waals surface area contributed by atoms with Crippen molar-refractivity contribution in [3.8, 4) is 0 Å². The number of alkyl carbamates (subject to hydrolysis) is 2. The van der Waals surface area contributed by atoms with Crippen LogP contribution in [-0.4, -0.2) is 102 Å². The second-order valence-corrected chi connectivity index (χ2v) is 26.0. The maximum Gasteiger partial charge on any atom is 0.410 e. The molecule has 4 amide bonds. The minimum Gasteiger partial charge on any atom is -0.462 e. The van der Waals surface area contributed by atoms with Gasteiger partial charge in [-0.25, -0.2) is 14.4 Å². The zero-order chi connectivity index (χ0) is 52.8. The molecule has 3 saturated carbocycles. The maximum atomic E-state index is 13.7. The summed E-state index contributed by atoms with van der Waals surface area (Å²) >= 11 is 0. The molecule has 4 aliphatic carbocycles. The molecule has 3 fully saturated rings. The molecular weight excluding hydrogens is 897 g/mol. The first-order chi connectivity index (χ1) is 33.1. The molecule has 0 aromatic carbocycles. The van der Waals surface area contributed by atoms with Crippen molar-refractivity contribution in [2.75, 3.05) is 39.3 Å². The van der Waals surface area contributed by atoms with Crippen LogP contribution in [0.2, 0.25) is 0 Å². The van der Waals surface area contributed by atoms with Crippen LogP contribution in [0.25, 0.3) is 0 Å². The van der Waals surface area contributed by atoms with Gasteiger partial charge in [-0.15, -0.1) is 0 Å². The third-order valence-corrected chi connectivity index (χ3v) is 16.2. The summed E-state index contributed by atoms with van der Waals surface area (Å²) < 4.78 is 22.6. The molecule has 4 aliphatic rings. The minimum absolute atomic E-state index is 0.00532. The Hall–Kier alpha value is -3.51. The van der Waals surface area contributed by atoms with E-state index in [2.05, 4.69) is 51.3 Å². The number of hydrogen-bond donors (Lipinski definition) is 2. The number of allylic oxidation sites excluding steroid dienone is 1. The molecule has 13 nitrogen and oxygen atoms in total. The highest BCUT2D eigenvalue weighted by atomic mass is 16.6. The van der Waals surface area contributed by atoms with Crippen LogP contribution in [0.5, 0.6) is 0 Å². The average molecular weight is 999 g/mol. The number of ether oxygens (including phenoxy) is 4. The number of rotatable bonds is 24. The van der Waals surface area contributed by atoms with Gasteiger partial charge in [0.1, 0.15) is 22.9 Å². The number of carbonyl (C=O) groups excluding carboxylic acids is 5. The van der Waals surface area contributed by atoms with Crippen molar-refractivity contribution in [1.29, 1.82) is 0 Å². The fourth-order valence-corrected chi connectivity index (χ4v) is 12.8. The average Bonchev–Trinajstić information content (AvgIpc) is 3.60. The van der Waals surface area contributed by atoms with Crippen LogP contribution in [0.4, 0.5) is 14.4 Å². The van der Waals surface area contributed by atoms with Crippen LogP contribution in [0.15, 0.2) is 11.6 Å². The third-order valence-electron chi connectivity index (χ3n) is 16.2. The van der Waals surface area contributed by atoms with Crippen molar-refractivity contribution in [2.45, 2.75) is 242 Å². The highest BCUT2D eigenvalue weighted by Crippen LogP contribution is 2.67. The zero-order valence-electron chi connectivity index (χ0n) is 47.4. The first-order valence-electron chi connectivity index (χ1n) is 28.2. The van der Waals surface area contributed by atoms with Crippen LogP contribution in [0.1, 0.15) is 219 Å². The lowest BCUT2D eigenvalue weighted by Gasteiger charge is -2.58. The van der Waals surface area contributed by atoms with E-state index in [-0.39, 0.29) is 29.8 Å². The Bertz CT molecular complexity index is 1760. The van der Waals surface area contributed by atoms with E-state index in [0.29, 0.717) is 89.6 Å². The number of esters is 1. The molecule has 0 spiro atoms. The number of carbonyl (C=O) groups is 5. The standard InChI is InChI=1S/C58H102N4O9/c1-41(2)22-19-23-42(3)46-28-29-47-45-27-26-43-40-44(30-32-57(43,13)48(45)31-33-58(46,47)14)68-50(64)25-16-15-24-49(63)61(38-20-34-59-51(65)69-54(4,5)6)36-17-18-37-62(53(67)71-56(10,11)12)39-21-35-60-52(66)70-55(7,8)9/h26,41-42,44-48H,15-25,27-40H2,1-14H3,(H,59,65)(H,60,66)/t42?,44-,45-,46+,47-,48-,57-,58+/m0/s1. The number of unbranched alkanes of at least 4 members (excludes halogenated alkanes) is 2. The number of fused-ring (bicyclic) bond motifs is 5. The van der Waals surface area contributed by atoms with Gasteiger partial charge in [-0.2, -0.15) is 0 Å². The maximum absolute atomic E-state index is 13.7. The van der Waals surface area contributed by atoms with E-state index in [4.69, 9.17) is 18.9 Å². The summed E-state index contributed by atoms with van der Waals surface area (Å²) in [6.45, 7) is 31.2. The minimum atomic E-state index is -0.671. The molecule has 0 radical (unpaired) electrons. The fourth-order valence-electron chi connectivity index (χ4n) is 12.8. The monoisotopic (exact) mass is 999 g/mol. The molecule has 8 atom stereocenters. The normalized spacial score (nSPS) is 25.7. The van der Waals surface area contributed by atoms with Crippen molar-refractivity contribution < 1.29 is 42.9 Å². The summed E-state index contributed by atoms with van der Waals surface area (Å²) in [6, 6.07) is 0. The Morgan fingerprint density at radius 3 is 1.80 bits per heavy atom. The van der Waals surface area contributed by atoms with E-state index in [1.54, 1.807) is 25.7 Å². The van der Waals surface area contributed by atoms with E-state index in [1.165, 1.54) is 56.9 Å². The van der Waals surface area contributed by atoms with Crippen LogP contribution in [0, 0.1) is 46.3 Å². The second kappa shape index (κ2) is 26.6. The SMILES string of the molecule is CC(C)CCCC(C)[C@H]1CC[C@H]2[C@@H]3CC=C4C[C@@H](OC(=O)CCCCC(=O)N(CCCCN(CCCNC(=O)OC(C)(C)C)C(=O)OC(C)(C)C)CCCNC(=O)OC(C)(C)C)CC[C@]4(C)[C@H]3CC[C@]12C. The van der Waals surface area contributed by atoms with E-state index in [1.807, 2.05) is 46.4 Å². The van der Waals surface area contributed by atoms with Crippen molar-refractivity contribution in [3.05, 3.63) is 11.6 Å². The van der Waals surface area contributed by atoms with Gasteiger partial charge < -0.3 is 39.4 Å². The van der Waals surface area contributed by atoms with Gasteiger partial charge in [-0.3, -0.25) is 9.59 Å². The first-order valence-corrected chi connectivity index (χ1v) is 28.2. The quantitative estimate of drug-likeness (QED) is 0.0416. The Morgan fingerprint density at radius 1 is 0.648 bits per heavy atom. The summed E-state index contributed by atoms with van der Waals surface area (Å²) in [5.41, 5.74) is 0.306. The van der Waals surface area contributed by atoms with Crippen LogP contribution in [0.3, 0.4) is 0 Å². The summed E-state index contributed by atoms with van der Waals surface area (Å²) in [5.74, 6) is 4.60. The van der Waals surface area contributed by atoms with Gasteiger partial charge in [-0.05, 0) is 192 Å². The zero-order valence-corrected chi connectivity index (χ0v) is 47.4. The summed E-state index contributed by atoms with van der Waals surface area (Å²) in [4.78, 5) is 68.2. The van der Waals surface area contributed by atoms with Crippen molar-refractivity contribution >= 4 is 30.2 Å². The largest absolute Gasteiger partial charge is 0.462 e. The van der Waals surface area contributed by atoms with Crippen LogP contribution >= 0.6 is 0 Å². The number of nitrogens with zero attached hydrogens (tertiary/aromatic N) is 2. The molecule has 0 bridgehead atoms. The Balaban J connectivity index is 1.25. The second-order valence-electron chi connectivity index (χ2n) is 26.0. The lowest BCUT2D eigenvalue weighted by molar-refractivity contribution is -0.151. The van der Waals surface area contributed by atoms with E-state index >= 15 is 0 Å². The number of amides is 4. The lowest BCUT2D eigenvalue weighted by Crippen LogP contribution is -2.51. The van der Waals surface area contributed by atoms with E-state index in [9.17, 15) is 24.0 Å². The summed E-state index contributed by atoms with van der Waals surface area (Å²) in [7, 11) is 0. The van der Waals surface area contributed by atoms with E-state index < -0.39 is 35.1 Å². The fraction of sp³-hybridized carbons (Fsp3) is 0.879. The van der Waals surface area contributed by atoms with Crippen molar-refractivity contribution in [1.82, 2.24) is 20.4 Å². The highest BCUT2D eigenvalue weighted by Gasteiger charge is 2.59. The first kappa shape index (κ1) is 60.0. The molecule has 0 aromatic rings. The molecule has 13 heteroatoms. The molecule has 71 heavy (non-hydrogen) atoms.